The largest absolute Gasteiger partial charge is 0.497 e. The highest BCUT2D eigenvalue weighted by atomic mass is 35.5. The van der Waals surface area contributed by atoms with Gasteiger partial charge in [0.2, 0.25) is 5.91 Å². The zero-order valence-corrected chi connectivity index (χ0v) is 25.1. The highest BCUT2D eigenvalue weighted by Gasteiger charge is 2.18. The number of rotatable bonds is 15. The molecular formula is C36H38ClNO4. The number of halogens is 1. The molecule has 4 aromatic carbocycles. The van der Waals surface area contributed by atoms with E-state index in [0.29, 0.717) is 56.0 Å². The molecule has 0 bridgehead atoms. The van der Waals surface area contributed by atoms with Gasteiger partial charge in [-0.1, -0.05) is 85.3 Å². The van der Waals surface area contributed by atoms with Crippen LogP contribution in [0.1, 0.15) is 52.4 Å². The summed E-state index contributed by atoms with van der Waals surface area (Å²) in [7, 11) is 1.64. The summed E-state index contributed by atoms with van der Waals surface area (Å²) < 4.78 is 11.2. The fourth-order valence-electron chi connectivity index (χ4n) is 4.72. The first-order valence-corrected chi connectivity index (χ1v) is 14.8. The minimum absolute atomic E-state index is 0.0351. The van der Waals surface area contributed by atoms with E-state index >= 15 is 0 Å². The summed E-state index contributed by atoms with van der Waals surface area (Å²) in [6.07, 6.45) is 2.98. The minimum Gasteiger partial charge on any atom is -0.497 e. The molecule has 0 aliphatic carbocycles. The number of carbonyl (C=O) groups is 2. The lowest BCUT2D eigenvalue weighted by atomic mass is 10.0. The van der Waals surface area contributed by atoms with Crippen molar-refractivity contribution in [3.05, 3.63) is 130 Å². The Hall–Kier alpha value is -4.09. The average Bonchev–Trinajstić information content (AvgIpc) is 3.02. The van der Waals surface area contributed by atoms with Gasteiger partial charge >= 0.3 is 0 Å². The first-order valence-electron chi connectivity index (χ1n) is 14.4. The number of ketones is 1. The summed E-state index contributed by atoms with van der Waals surface area (Å²) in [5.74, 6) is 1.70. The lowest BCUT2D eigenvalue weighted by Gasteiger charge is -2.24. The Balaban J connectivity index is 1.42. The summed E-state index contributed by atoms with van der Waals surface area (Å²) in [5.41, 5.74) is 4.71. The maximum atomic E-state index is 13.5. The van der Waals surface area contributed by atoms with Crippen LogP contribution in [0.3, 0.4) is 0 Å². The van der Waals surface area contributed by atoms with Crippen LogP contribution in [0.5, 0.6) is 11.5 Å². The number of hydrogen-bond acceptors (Lipinski definition) is 4. The molecule has 0 fully saturated rings. The summed E-state index contributed by atoms with van der Waals surface area (Å²) in [6.45, 7) is 3.58. The number of nitrogens with zero attached hydrogens (tertiary/aromatic N) is 1. The average molecular weight is 584 g/mol. The second-order valence-corrected chi connectivity index (χ2v) is 10.7. The molecule has 0 unspecified atom stereocenters. The Morgan fingerprint density at radius 2 is 1.50 bits per heavy atom. The predicted octanol–water partition coefficient (Wildman–Crippen LogP) is 7.77. The van der Waals surface area contributed by atoms with Gasteiger partial charge in [0.25, 0.3) is 0 Å². The van der Waals surface area contributed by atoms with Crippen molar-refractivity contribution < 1.29 is 19.1 Å². The third kappa shape index (κ3) is 9.22. The molecule has 0 atom stereocenters. The van der Waals surface area contributed by atoms with Gasteiger partial charge in [0, 0.05) is 35.7 Å². The molecule has 6 heteroatoms. The second-order valence-electron chi connectivity index (χ2n) is 10.3. The Kier molecular flexibility index (Phi) is 11.6. The summed E-state index contributed by atoms with van der Waals surface area (Å²) in [5, 5.41) is 0.608. The van der Waals surface area contributed by atoms with E-state index in [1.165, 1.54) is 0 Å². The lowest BCUT2D eigenvalue weighted by Crippen LogP contribution is -2.34. The van der Waals surface area contributed by atoms with Crippen LogP contribution >= 0.6 is 11.6 Å². The number of amides is 1. The third-order valence-corrected chi connectivity index (χ3v) is 7.38. The standard InChI is InChI=1S/C36H38ClNO4/c1-3-23-42-35-20-16-32(37)25-31(35)26-38(36(40)24-29-7-5-4-6-8-29)22-21-28-9-14-30(15-10-28)34(39)19-13-27-11-17-33(41-2)18-12-27/h4-12,14-18,20,25H,3,13,19,21-24,26H2,1-2H3. The Morgan fingerprint density at radius 3 is 2.19 bits per heavy atom. The van der Waals surface area contributed by atoms with Crippen molar-refractivity contribution in [3.8, 4) is 11.5 Å². The van der Waals surface area contributed by atoms with Gasteiger partial charge in [0.05, 0.1) is 20.1 Å². The fourth-order valence-corrected chi connectivity index (χ4v) is 4.91. The molecule has 4 aromatic rings. The van der Waals surface area contributed by atoms with Crippen molar-refractivity contribution in [1.29, 1.82) is 0 Å². The van der Waals surface area contributed by atoms with Gasteiger partial charge in [-0.25, -0.2) is 0 Å². The highest BCUT2D eigenvalue weighted by molar-refractivity contribution is 6.30. The zero-order valence-electron chi connectivity index (χ0n) is 24.4. The predicted molar refractivity (Wildman–Crippen MR) is 169 cm³/mol. The van der Waals surface area contributed by atoms with Crippen LogP contribution in [-0.2, 0) is 30.6 Å². The molecule has 0 spiro atoms. The summed E-state index contributed by atoms with van der Waals surface area (Å²) in [6, 6.07) is 30.9. The third-order valence-electron chi connectivity index (χ3n) is 7.14. The molecule has 0 radical (unpaired) electrons. The molecule has 0 aliphatic heterocycles. The van der Waals surface area contributed by atoms with Crippen LogP contribution < -0.4 is 9.47 Å². The maximum Gasteiger partial charge on any atom is 0.227 e. The van der Waals surface area contributed by atoms with Crippen molar-refractivity contribution in [3.63, 3.8) is 0 Å². The molecule has 0 saturated heterocycles. The van der Waals surface area contributed by atoms with Crippen LogP contribution in [0, 0.1) is 0 Å². The molecule has 42 heavy (non-hydrogen) atoms. The van der Waals surface area contributed by atoms with Crippen LogP contribution in [0.2, 0.25) is 5.02 Å². The number of carbonyl (C=O) groups excluding carboxylic acids is 2. The van der Waals surface area contributed by atoms with Gasteiger partial charge in [-0.05, 0) is 66.3 Å². The van der Waals surface area contributed by atoms with Crippen LogP contribution in [0.4, 0.5) is 0 Å². The normalized spacial score (nSPS) is 10.7. The molecule has 4 rings (SSSR count). The lowest BCUT2D eigenvalue weighted by molar-refractivity contribution is -0.131. The quantitative estimate of drug-likeness (QED) is 0.134. The highest BCUT2D eigenvalue weighted by Crippen LogP contribution is 2.25. The van der Waals surface area contributed by atoms with Crippen LogP contribution in [0.15, 0.2) is 97.1 Å². The molecule has 0 N–H and O–H groups in total. The van der Waals surface area contributed by atoms with Gasteiger partial charge in [-0.2, -0.15) is 0 Å². The molecule has 5 nitrogen and oxygen atoms in total. The Morgan fingerprint density at radius 1 is 0.810 bits per heavy atom. The van der Waals surface area contributed by atoms with Crippen LogP contribution in [-0.4, -0.2) is 36.9 Å². The number of hydrogen-bond donors (Lipinski definition) is 0. The number of aryl methyl sites for hydroxylation is 1. The molecule has 0 heterocycles. The van der Waals surface area contributed by atoms with Gasteiger partial charge < -0.3 is 14.4 Å². The van der Waals surface area contributed by atoms with Gasteiger partial charge in [0.15, 0.2) is 5.78 Å². The second kappa shape index (κ2) is 15.8. The van der Waals surface area contributed by atoms with Crippen molar-refractivity contribution in [1.82, 2.24) is 4.90 Å². The number of ether oxygens (including phenoxy) is 2. The van der Waals surface area contributed by atoms with E-state index in [1.54, 1.807) is 7.11 Å². The van der Waals surface area contributed by atoms with Gasteiger partial charge in [-0.15, -0.1) is 0 Å². The van der Waals surface area contributed by atoms with E-state index < -0.39 is 0 Å². The first-order chi connectivity index (χ1) is 20.4. The van der Waals surface area contributed by atoms with E-state index in [1.807, 2.05) is 102 Å². The van der Waals surface area contributed by atoms with Crippen molar-refractivity contribution in [2.24, 2.45) is 0 Å². The molecule has 218 valence electrons. The van der Waals surface area contributed by atoms with Gasteiger partial charge in [-0.3, -0.25) is 9.59 Å². The Bertz CT molecular complexity index is 1440. The van der Waals surface area contributed by atoms with Crippen molar-refractivity contribution in [2.45, 2.75) is 45.6 Å². The number of methoxy groups -OCH3 is 1. The molecule has 0 aromatic heterocycles. The summed E-state index contributed by atoms with van der Waals surface area (Å²) >= 11 is 6.33. The SMILES string of the molecule is CCCOc1ccc(Cl)cc1CN(CCc1ccc(C(=O)CCc2ccc(OC)cc2)cc1)C(=O)Cc1ccccc1. The minimum atomic E-state index is 0.0351. The smallest absolute Gasteiger partial charge is 0.227 e. The Labute approximate surface area is 254 Å². The van der Waals surface area contributed by atoms with Crippen LogP contribution in [0.25, 0.3) is 0 Å². The number of Topliss-reactive ketones (excluding diaryl/α,β-unsaturated/α-hetero) is 1. The van der Waals surface area contributed by atoms with E-state index in [0.717, 1.165) is 40.2 Å². The summed E-state index contributed by atoms with van der Waals surface area (Å²) in [4.78, 5) is 28.2. The molecule has 0 saturated carbocycles. The van der Waals surface area contributed by atoms with E-state index in [-0.39, 0.29) is 11.7 Å². The zero-order chi connectivity index (χ0) is 29.7. The van der Waals surface area contributed by atoms with E-state index in [4.69, 9.17) is 21.1 Å². The monoisotopic (exact) mass is 583 g/mol. The topological polar surface area (TPSA) is 55.8 Å². The van der Waals surface area contributed by atoms with Crippen molar-refractivity contribution in [2.75, 3.05) is 20.3 Å². The molecule has 1 amide bonds. The van der Waals surface area contributed by atoms with Gasteiger partial charge in [0.1, 0.15) is 11.5 Å². The van der Waals surface area contributed by atoms with Crippen molar-refractivity contribution >= 4 is 23.3 Å². The fraction of sp³-hybridized carbons (Fsp3) is 0.278. The van der Waals surface area contributed by atoms with E-state index in [2.05, 4.69) is 6.92 Å². The molecular weight excluding hydrogens is 546 g/mol. The van der Waals surface area contributed by atoms with E-state index in [9.17, 15) is 9.59 Å². The first kappa shape index (κ1) is 30.9. The number of benzene rings is 4. The molecule has 0 aliphatic rings. The maximum absolute atomic E-state index is 13.5.